The number of piperidine rings is 1. The van der Waals surface area contributed by atoms with E-state index in [9.17, 15) is 9.59 Å². The highest BCUT2D eigenvalue weighted by molar-refractivity contribution is 5.81. The molecule has 1 saturated heterocycles. The Labute approximate surface area is 166 Å². The van der Waals surface area contributed by atoms with E-state index in [1.54, 1.807) is 0 Å². The van der Waals surface area contributed by atoms with Crippen LogP contribution in [0.15, 0.2) is 4.42 Å². The Morgan fingerprint density at radius 2 is 1.50 bits per heavy atom. The Morgan fingerprint density at radius 1 is 0.821 bits per heavy atom. The van der Waals surface area contributed by atoms with Crippen molar-refractivity contribution in [1.82, 2.24) is 14.8 Å². The maximum atomic E-state index is 13.1. The maximum absolute atomic E-state index is 13.1. The van der Waals surface area contributed by atoms with Crippen LogP contribution >= 0.6 is 0 Å². The lowest BCUT2D eigenvalue weighted by atomic mass is 9.85. The van der Waals surface area contributed by atoms with E-state index in [4.69, 9.17) is 9.40 Å². The summed E-state index contributed by atoms with van der Waals surface area (Å²) < 4.78 is 5.98. The number of nitrogens with zero attached hydrogens (tertiary/aromatic N) is 3. The van der Waals surface area contributed by atoms with Crippen molar-refractivity contribution in [3.8, 4) is 0 Å². The van der Waals surface area contributed by atoms with Gasteiger partial charge in [0.25, 0.3) is 0 Å². The Balaban J connectivity index is 1.16. The highest BCUT2D eigenvalue weighted by Gasteiger charge is 2.35. The summed E-state index contributed by atoms with van der Waals surface area (Å²) in [5.41, 5.74) is 0.968. The number of fused-ring (bicyclic) bond motifs is 1. The van der Waals surface area contributed by atoms with Gasteiger partial charge >= 0.3 is 0 Å². The lowest BCUT2D eigenvalue weighted by Gasteiger charge is -2.36. The molecular formula is C22H31N3O3. The molecule has 6 heteroatoms. The van der Waals surface area contributed by atoms with Crippen LogP contribution in [-0.2, 0) is 22.6 Å². The summed E-state index contributed by atoms with van der Waals surface area (Å²) in [7, 11) is 0. The van der Waals surface area contributed by atoms with E-state index in [-0.39, 0.29) is 17.7 Å². The minimum Gasteiger partial charge on any atom is -0.445 e. The van der Waals surface area contributed by atoms with Gasteiger partial charge in [-0.05, 0) is 38.5 Å². The summed E-state index contributed by atoms with van der Waals surface area (Å²) in [5, 5.41) is 0. The van der Waals surface area contributed by atoms with Crippen LogP contribution in [0.1, 0.15) is 81.1 Å². The van der Waals surface area contributed by atoms with E-state index in [0.717, 1.165) is 69.1 Å². The fourth-order valence-corrected chi connectivity index (χ4v) is 5.27. The lowest BCUT2D eigenvalue weighted by Crippen LogP contribution is -2.46. The molecule has 152 valence electrons. The van der Waals surface area contributed by atoms with Gasteiger partial charge in [-0.1, -0.05) is 19.3 Å². The topological polar surface area (TPSA) is 66.7 Å². The zero-order valence-electron chi connectivity index (χ0n) is 16.7. The van der Waals surface area contributed by atoms with Gasteiger partial charge in [0.05, 0.1) is 6.54 Å². The first kappa shape index (κ1) is 18.2. The van der Waals surface area contributed by atoms with E-state index in [1.807, 2.05) is 9.80 Å². The smallest absolute Gasteiger partial charge is 0.226 e. The Kier molecular flexibility index (Phi) is 4.89. The number of likely N-dealkylation sites (tertiary alicyclic amines) is 1. The average molecular weight is 386 g/mol. The number of hydrogen-bond donors (Lipinski definition) is 0. The number of aromatic nitrogens is 1. The van der Waals surface area contributed by atoms with Crippen LogP contribution in [0.4, 0.5) is 0 Å². The van der Waals surface area contributed by atoms with Crippen LogP contribution < -0.4 is 0 Å². The number of amides is 2. The molecule has 0 N–H and O–H groups in total. The molecule has 5 rings (SSSR count). The minimum absolute atomic E-state index is 0.0483. The molecular weight excluding hydrogens is 354 g/mol. The zero-order valence-corrected chi connectivity index (χ0v) is 16.7. The van der Waals surface area contributed by atoms with Crippen molar-refractivity contribution >= 4 is 11.8 Å². The van der Waals surface area contributed by atoms with E-state index in [1.165, 1.54) is 32.1 Å². The van der Waals surface area contributed by atoms with Gasteiger partial charge in [0.15, 0.2) is 5.89 Å². The predicted molar refractivity (Wildman–Crippen MR) is 103 cm³/mol. The summed E-state index contributed by atoms with van der Waals surface area (Å²) in [5.74, 6) is 3.24. The third kappa shape index (κ3) is 3.35. The predicted octanol–water partition coefficient (Wildman–Crippen LogP) is 3.26. The molecule has 4 aliphatic rings. The fourth-order valence-electron chi connectivity index (χ4n) is 5.27. The van der Waals surface area contributed by atoms with Crippen LogP contribution in [0.5, 0.6) is 0 Å². The van der Waals surface area contributed by atoms with Crippen LogP contribution in [0, 0.1) is 11.8 Å². The molecule has 1 aromatic rings. The molecule has 3 fully saturated rings. The average Bonchev–Trinajstić information content (AvgIpc) is 3.35. The van der Waals surface area contributed by atoms with Crippen LogP contribution in [0.25, 0.3) is 0 Å². The standard InChI is InChI=1S/C22H31N3O3/c26-21(16-4-1-2-5-16)24-11-8-17(9-12-24)22(27)25-13-10-19-18(14-25)23-20(28-19)15-6-3-7-15/h15-17H,1-14H2. The third-order valence-corrected chi connectivity index (χ3v) is 7.37. The molecule has 1 aromatic heterocycles. The molecule has 0 unspecified atom stereocenters. The fraction of sp³-hybridized carbons (Fsp3) is 0.773. The van der Waals surface area contributed by atoms with E-state index >= 15 is 0 Å². The van der Waals surface area contributed by atoms with Gasteiger partial charge in [-0.2, -0.15) is 0 Å². The van der Waals surface area contributed by atoms with Crippen LogP contribution in [-0.4, -0.2) is 46.2 Å². The monoisotopic (exact) mass is 385 g/mol. The van der Waals surface area contributed by atoms with Crippen LogP contribution in [0.3, 0.4) is 0 Å². The van der Waals surface area contributed by atoms with Crippen molar-refractivity contribution in [3.63, 3.8) is 0 Å². The van der Waals surface area contributed by atoms with E-state index in [2.05, 4.69) is 0 Å². The third-order valence-electron chi connectivity index (χ3n) is 7.37. The SMILES string of the molecule is O=C(C1CCCC1)N1CCC(C(=O)N2CCc3oc(C4CCC4)nc3C2)CC1. The second kappa shape index (κ2) is 7.53. The number of carbonyl (C=O) groups is 2. The highest BCUT2D eigenvalue weighted by Crippen LogP contribution is 2.37. The van der Waals surface area contributed by atoms with Gasteiger partial charge in [0.1, 0.15) is 11.5 Å². The molecule has 28 heavy (non-hydrogen) atoms. The van der Waals surface area contributed by atoms with Crippen molar-refractivity contribution in [2.45, 2.75) is 76.7 Å². The molecule has 0 atom stereocenters. The first-order valence-corrected chi connectivity index (χ1v) is 11.2. The molecule has 2 amide bonds. The van der Waals surface area contributed by atoms with Gasteiger partial charge in [0.2, 0.25) is 11.8 Å². The van der Waals surface area contributed by atoms with Gasteiger partial charge in [-0.15, -0.1) is 0 Å². The molecule has 0 aromatic carbocycles. The summed E-state index contributed by atoms with van der Waals surface area (Å²) >= 11 is 0. The molecule has 6 nitrogen and oxygen atoms in total. The minimum atomic E-state index is 0.0483. The van der Waals surface area contributed by atoms with Crippen molar-refractivity contribution in [1.29, 1.82) is 0 Å². The van der Waals surface area contributed by atoms with Gasteiger partial charge in [0, 0.05) is 43.8 Å². The summed E-state index contributed by atoms with van der Waals surface area (Å²) in [6.45, 7) is 2.79. The molecule has 2 aliphatic carbocycles. The van der Waals surface area contributed by atoms with E-state index in [0.29, 0.717) is 18.4 Å². The molecule has 2 aliphatic heterocycles. The highest BCUT2D eigenvalue weighted by atomic mass is 16.4. The number of carbonyl (C=O) groups excluding carboxylic acids is 2. The summed E-state index contributed by atoms with van der Waals surface area (Å²) in [6.07, 6.45) is 10.5. The Hall–Kier alpha value is -1.85. The molecule has 2 saturated carbocycles. The quantitative estimate of drug-likeness (QED) is 0.801. The van der Waals surface area contributed by atoms with Gasteiger partial charge in [-0.3, -0.25) is 9.59 Å². The maximum Gasteiger partial charge on any atom is 0.226 e. The second-order valence-electron chi connectivity index (χ2n) is 9.14. The van der Waals surface area contributed by atoms with Crippen LogP contribution in [0.2, 0.25) is 0 Å². The van der Waals surface area contributed by atoms with Crippen molar-refractivity contribution in [2.75, 3.05) is 19.6 Å². The first-order chi connectivity index (χ1) is 13.7. The van der Waals surface area contributed by atoms with Gasteiger partial charge in [-0.25, -0.2) is 4.98 Å². The van der Waals surface area contributed by atoms with Crippen molar-refractivity contribution in [2.24, 2.45) is 11.8 Å². The second-order valence-corrected chi connectivity index (χ2v) is 9.14. The number of rotatable bonds is 3. The zero-order chi connectivity index (χ0) is 19.1. The lowest BCUT2D eigenvalue weighted by molar-refractivity contribution is -0.143. The molecule has 0 spiro atoms. The van der Waals surface area contributed by atoms with Gasteiger partial charge < -0.3 is 14.2 Å². The van der Waals surface area contributed by atoms with E-state index < -0.39 is 0 Å². The molecule has 0 bridgehead atoms. The normalized spacial score (nSPS) is 24.3. The summed E-state index contributed by atoms with van der Waals surface area (Å²) in [6, 6.07) is 0. The van der Waals surface area contributed by atoms with Crippen molar-refractivity contribution in [3.05, 3.63) is 17.3 Å². The first-order valence-electron chi connectivity index (χ1n) is 11.2. The number of hydrogen-bond acceptors (Lipinski definition) is 4. The largest absolute Gasteiger partial charge is 0.445 e. The van der Waals surface area contributed by atoms with Crippen molar-refractivity contribution < 1.29 is 14.0 Å². The molecule has 0 radical (unpaired) electrons. The Morgan fingerprint density at radius 3 is 2.18 bits per heavy atom. The molecule has 3 heterocycles. The number of oxazole rings is 1. The summed E-state index contributed by atoms with van der Waals surface area (Å²) in [4.78, 5) is 34.4. The Bertz CT molecular complexity index is 740.